The first-order valence-corrected chi connectivity index (χ1v) is 8.84. The van der Waals surface area contributed by atoms with Crippen molar-refractivity contribution in [1.82, 2.24) is 0 Å². The first-order valence-electron chi connectivity index (χ1n) is 7.90. The van der Waals surface area contributed by atoms with Crippen LogP contribution in [-0.2, 0) is 6.42 Å². The summed E-state index contributed by atoms with van der Waals surface area (Å²) < 4.78 is 0. The van der Waals surface area contributed by atoms with E-state index in [0.717, 1.165) is 12.3 Å². The van der Waals surface area contributed by atoms with Crippen LogP contribution in [0.1, 0.15) is 63.9 Å². The monoisotopic (exact) mass is 280 g/mol. The van der Waals surface area contributed by atoms with Gasteiger partial charge in [-0.2, -0.15) is 11.3 Å². The van der Waals surface area contributed by atoms with Crippen LogP contribution in [0, 0.1) is 11.3 Å². The van der Waals surface area contributed by atoms with E-state index in [1.54, 1.807) is 11.3 Å². The molecule has 2 rings (SSSR count). The quantitative estimate of drug-likeness (QED) is 0.742. The van der Waals surface area contributed by atoms with E-state index >= 15 is 0 Å². The number of aliphatic hydroxyl groups excluding tert-OH is 1. The summed E-state index contributed by atoms with van der Waals surface area (Å²) >= 11 is 1.78. The summed E-state index contributed by atoms with van der Waals surface area (Å²) in [6.07, 6.45) is 11.6. The van der Waals surface area contributed by atoms with Gasteiger partial charge in [-0.05, 0) is 72.2 Å². The third kappa shape index (κ3) is 4.32. The van der Waals surface area contributed by atoms with E-state index in [1.807, 2.05) is 0 Å². The average molecular weight is 280 g/mol. The molecule has 1 N–H and O–H groups in total. The molecule has 0 atom stereocenters. The average Bonchev–Trinajstić information content (AvgIpc) is 2.97. The summed E-state index contributed by atoms with van der Waals surface area (Å²) in [4.78, 5) is 0. The van der Waals surface area contributed by atoms with Crippen LogP contribution in [0.3, 0.4) is 0 Å². The van der Waals surface area contributed by atoms with E-state index in [4.69, 9.17) is 0 Å². The van der Waals surface area contributed by atoms with E-state index in [2.05, 4.69) is 23.8 Å². The lowest BCUT2D eigenvalue weighted by Crippen LogP contribution is -2.31. The lowest BCUT2D eigenvalue weighted by molar-refractivity contribution is 0.0543. The van der Waals surface area contributed by atoms with Gasteiger partial charge in [-0.3, -0.25) is 0 Å². The van der Waals surface area contributed by atoms with Gasteiger partial charge in [-0.15, -0.1) is 0 Å². The number of thiophene rings is 1. The predicted molar refractivity (Wildman–Crippen MR) is 83.6 cm³/mol. The van der Waals surface area contributed by atoms with Gasteiger partial charge >= 0.3 is 0 Å². The number of hydrogen-bond donors (Lipinski definition) is 1. The fraction of sp³-hybridized carbons (Fsp3) is 0.765. The molecule has 1 heterocycles. The van der Waals surface area contributed by atoms with Crippen molar-refractivity contribution in [3.8, 4) is 0 Å². The zero-order valence-electron chi connectivity index (χ0n) is 12.2. The molecule has 0 amide bonds. The van der Waals surface area contributed by atoms with Gasteiger partial charge in [-0.1, -0.05) is 26.2 Å². The van der Waals surface area contributed by atoms with Gasteiger partial charge < -0.3 is 5.11 Å². The van der Waals surface area contributed by atoms with E-state index in [-0.39, 0.29) is 5.41 Å². The SMILES string of the molecule is CCCCC1CCC(CO)(CCc2ccsc2)CC1. The Balaban J connectivity index is 1.80. The minimum Gasteiger partial charge on any atom is -0.396 e. The number of aryl methyl sites for hydroxylation is 1. The van der Waals surface area contributed by atoms with E-state index in [9.17, 15) is 5.11 Å². The molecule has 1 aliphatic rings. The Kier molecular flexibility index (Phi) is 5.90. The van der Waals surface area contributed by atoms with Crippen LogP contribution in [0.2, 0.25) is 0 Å². The summed E-state index contributed by atoms with van der Waals surface area (Å²) in [6.45, 7) is 2.67. The van der Waals surface area contributed by atoms with Gasteiger partial charge in [0.1, 0.15) is 0 Å². The van der Waals surface area contributed by atoms with Crippen LogP contribution in [0.4, 0.5) is 0 Å². The highest BCUT2D eigenvalue weighted by atomic mass is 32.1. The molecule has 1 saturated carbocycles. The highest BCUT2D eigenvalue weighted by Crippen LogP contribution is 2.43. The van der Waals surface area contributed by atoms with Gasteiger partial charge in [0, 0.05) is 6.61 Å². The van der Waals surface area contributed by atoms with Crippen LogP contribution in [0.25, 0.3) is 0 Å². The second-order valence-electron chi connectivity index (χ2n) is 6.38. The summed E-state index contributed by atoms with van der Waals surface area (Å²) in [5.41, 5.74) is 1.68. The van der Waals surface area contributed by atoms with Crippen LogP contribution >= 0.6 is 11.3 Å². The van der Waals surface area contributed by atoms with Gasteiger partial charge in [0.05, 0.1) is 0 Å². The smallest absolute Gasteiger partial charge is 0.0487 e. The molecule has 1 fully saturated rings. The topological polar surface area (TPSA) is 20.2 Å². The number of unbranched alkanes of at least 4 members (excludes halogenated alkanes) is 1. The Morgan fingerprint density at radius 3 is 2.74 bits per heavy atom. The minimum absolute atomic E-state index is 0.227. The van der Waals surface area contributed by atoms with Gasteiger partial charge in [0.15, 0.2) is 0 Å². The molecule has 1 aromatic rings. The standard InChI is InChI=1S/C17H28OS/c1-2-3-4-15-5-9-17(14-18,10-6-15)11-7-16-8-12-19-13-16/h8,12-13,15,18H,2-7,9-11,14H2,1H3. The zero-order chi connectivity index (χ0) is 13.6. The fourth-order valence-electron chi connectivity index (χ4n) is 3.40. The summed E-state index contributed by atoms with van der Waals surface area (Å²) in [5, 5.41) is 14.2. The Morgan fingerprint density at radius 2 is 2.16 bits per heavy atom. The van der Waals surface area contributed by atoms with Crippen molar-refractivity contribution in [3.05, 3.63) is 22.4 Å². The lowest BCUT2D eigenvalue weighted by Gasteiger charge is -2.39. The third-order valence-electron chi connectivity index (χ3n) is 4.99. The first kappa shape index (κ1) is 15.1. The maximum atomic E-state index is 9.84. The molecule has 1 nitrogen and oxygen atoms in total. The molecule has 0 aliphatic heterocycles. The molecule has 0 aromatic carbocycles. The Bertz CT molecular complexity index is 336. The third-order valence-corrected chi connectivity index (χ3v) is 5.72. The Labute approximate surface area is 122 Å². The second kappa shape index (κ2) is 7.44. The highest BCUT2D eigenvalue weighted by molar-refractivity contribution is 7.07. The summed E-state index contributed by atoms with van der Waals surface area (Å²) in [7, 11) is 0. The molecule has 1 aliphatic carbocycles. The molecular weight excluding hydrogens is 252 g/mol. The minimum atomic E-state index is 0.227. The molecule has 19 heavy (non-hydrogen) atoms. The predicted octanol–water partition coefficient (Wildman–Crippen LogP) is 5.04. The van der Waals surface area contributed by atoms with Crippen LogP contribution in [0.5, 0.6) is 0 Å². The van der Waals surface area contributed by atoms with Gasteiger partial charge in [0.2, 0.25) is 0 Å². The molecule has 0 unspecified atom stereocenters. The normalized spacial score (nSPS) is 27.6. The van der Waals surface area contributed by atoms with Crippen molar-refractivity contribution in [1.29, 1.82) is 0 Å². The van der Waals surface area contributed by atoms with Crippen molar-refractivity contribution in [2.75, 3.05) is 6.61 Å². The summed E-state index contributed by atoms with van der Waals surface area (Å²) in [5.74, 6) is 0.931. The van der Waals surface area contributed by atoms with Gasteiger partial charge in [0.25, 0.3) is 0 Å². The van der Waals surface area contributed by atoms with Crippen molar-refractivity contribution in [2.24, 2.45) is 11.3 Å². The molecule has 2 heteroatoms. The van der Waals surface area contributed by atoms with Gasteiger partial charge in [-0.25, -0.2) is 0 Å². The zero-order valence-corrected chi connectivity index (χ0v) is 13.1. The largest absolute Gasteiger partial charge is 0.396 e. The fourth-order valence-corrected chi connectivity index (χ4v) is 4.11. The van der Waals surface area contributed by atoms with Crippen LogP contribution in [-0.4, -0.2) is 11.7 Å². The molecule has 1 aromatic heterocycles. The first-order chi connectivity index (χ1) is 9.28. The number of aliphatic hydroxyl groups is 1. The maximum Gasteiger partial charge on any atom is 0.0487 e. The van der Waals surface area contributed by atoms with Crippen LogP contribution < -0.4 is 0 Å². The van der Waals surface area contributed by atoms with Crippen molar-refractivity contribution in [2.45, 2.75) is 64.7 Å². The van der Waals surface area contributed by atoms with Crippen molar-refractivity contribution >= 4 is 11.3 Å². The molecule has 0 spiro atoms. The lowest BCUT2D eigenvalue weighted by atomic mass is 9.67. The Morgan fingerprint density at radius 1 is 1.37 bits per heavy atom. The highest BCUT2D eigenvalue weighted by Gasteiger charge is 2.34. The van der Waals surface area contributed by atoms with Crippen molar-refractivity contribution < 1.29 is 5.11 Å². The number of rotatable bonds is 7. The molecular formula is C17H28OS. The second-order valence-corrected chi connectivity index (χ2v) is 7.16. The maximum absolute atomic E-state index is 9.84. The Hall–Kier alpha value is -0.340. The summed E-state index contributed by atoms with van der Waals surface area (Å²) in [6, 6.07) is 2.22. The van der Waals surface area contributed by atoms with Crippen molar-refractivity contribution in [3.63, 3.8) is 0 Å². The molecule has 108 valence electrons. The molecule has 0 bridgehead atoms. The number of hydrogen-bond acceptors (Lipinski definition) is 2. The molecule has 0 radical (unpaired) electrons. The van der Waals surface area contributed by atoms with E-state index in [0.29, 0.717) is 6.61 Å². The van der Waals surface area contributed by atoms with E-state index in [1.165, 1.54) is 56.9 Å². The van der Waals surface area contributed by atoms with Crippen LogP contribution in [0.15, 0.2) is 16.8 Å². The molecule has 0 saturated heterocycles. The van der Waals surface area contributed by atoms with E-state index < -0.39 is 0 Å².